The van der Waals surface area contributed by atoms with Crippen LogP contribution < -0.4 is 11.3 Å². The van der Waals surface area contributed by atoms with Crippen molar-refractivity contribution >= 4 is 0 Å². The van der Waals surface area contributed by atoms with E-state index in [0.717, 1.165) is 18.4 Å². The van der Waals surface area contributed by atoms with Gasteiger partial charge in [0, 0.05) is 12.7 Å². The maximum Gasteiger partial charge on any atom is 0.0952 e. The van der Waals surface area contributed by atoms with Gasteiger partial charge in [-0.15, -0.1) is 0 Å². The summed E-state index contributed by atoms with van der Waals surface area (Å²) in [7, 11) is 1.74. The standard InChI is InChI=1S/C10H16N2O2/c1-13-10(4-2-5-10)9(12-11)8-3-6-14-7-8/h3,6-7,9,12H,2,4-5,11H2,1H3. The van der Waals surface area contributed by atoms with Crippen LogP contribution in [0.25, 0.3) is 0 Å². The fourth-order valence-electron chi connectivity index (χ4n) is 2.13. The summed E-state index contributed by atoms with van der Waals surface area (Å²) in [6.07, 6.45) is 6.66. The summed E-state index contributed by atoms with van der Waals surface area (Å²) in [5, 5.41) is 0. The molecule has 2 rings (SSSR count). The molecule has 0 aromatic carbocycles. The normalized spacial score (nSPS) is 21.6. The van der Waals surface area contributed by atoms with Crippen molar-refractivity contribution in [2.45, 2.75) is 30.9 Å². The average Bonchev–Trinajstić information content (AvgIpc) is 2.63. The number of nitrogens with two attached hydrogens (primary N) is 1. The monoisotopic (exact) mass is 196 g/mol. The Morgan fingerprint density at radius 1 is 1.64 bits per heavy atom. The zero-order valence-corrected chi connectivity index (χ0v) is 8.32. The molecule has 14 heavy (non-hydrogen) atoms. The summed E-state index contributed by atoms with van der Waals surface area (Å²) in [5.74, 6) is 5.56. The van der Waals surface area contributed by atoms with Crippen LogP contribution in [0.2, 0.25) is 0 Å². The summed E-state index contributed by atoms with van der Waals surface area (Å²) in [6, 6.07) is 1.95. The lowest BCUT2D eigenvalue weighted by Crippen LogP contribution is -2.52. The summed E-state index contributed by atoms with van der Waals surface area (Å²) < 4.78 is 10.6. The van der Waals surface area contributed by atoms with Gasteiger partial charge in [0.05, 0.1) is 24.2 Å². The Bertz CT molecular complexity index is 275. The maximum absolute atomic E-state index is 5.57. The average molecular weight is 196 g/mol. The molecule has 0 amide bonds. The van der Waals surface area contributed by atoms with Crippen LogP contribution in [0.5, 0.6) is 0 Å². The molecule has 1 aliphatic rings. The summed E-state index contributed by atoms with van der Waals surface area (Å²) in [5.41, 5.74) is 3.72. The molecule has 0 aliphatic heterocycles. The number of hydrazine groups is 1. The Kier molecular flexibility index (Phi) is 2.58. The smallest absolute Gasteiger partial charge is 0.0952 e. The topological polar surface area (TPSA) is 60.4 Å². The fraction of sp³-hybridized carbons (Fsp3) is 0.600. The van der Waals surface area contributed by atoms with Crippen molar-refractivity contribution in [2.75, 3.05) is 7.11 Å². The van der Waals surface area contributed by atoms with Gasteiger partial charge in [-0.3, -0.25) is 5.84 Å². The van der Waals surface area contributed by atoms with E-state index < -0.39 is 0 Å². The highest BCUT2D eigenvalue weighted by molar-refractivity contribution is 5.18. The molecule has 78 valence electrons. The van der Waals surface area contributed by atoms with E-state index in [-0.39, 0.29) is 11.6 Å². The quantitative estimate of drug-likeness (QED) is 0.563. The van der Waals surface area contributed by atoms with Gasteiger partial charge in [0.25, 0.3) is 0 Å². The molecule has 0 spiro atoms. The lowest BCUT2D eigenvalue weighted by Gasteiger charge is -2.45. The molecule has 4 heteroatoms. The van der Waals surface area contributed by atoms with E-state index in [1.54, 1.807) is 19.6 Å². The van der Waals surface area contributed by atoms with Crippen molar-refractivity contribution in [1.29, 1.82) is 0 Å². The van der Waals surface area contributed by atoms with E-state index in [1.165, 1.54) is 6.42 Å². The number of furan rings is 1. The van der Waals surface area contributed by atoms with E-state index in [4.69, 9.17) is 15.0 Å². The number of ether oxygens (including phenoxy) is 1. The molecule has 0 radical (unpaired) electrons. The first-order valence-electron chi connectivity index (χ1n) is 4.86. The van der Waals surface area contributed by atoms with Gasteiger partial charge in [-0.1, -0.05) is 0 Å². The highest BCUT2D eigenvalue weighted by Gasteiger charge is 2.45. The lowest BCUT2D eigenvalue weighted by atomic mass is 9.73. The number of nitrogens with one attached hydrogen (secondary N) is 1. The van der Waals surface area contributed by atoms with Gasteiger partial charge in [-0.2, -0.15) is 0 Å². The predicted molar refractivity (Wildman–Crippen MR) is 52.4 cm³/mol. The Morgan fingerprint density at radius 3 is 2.79 bits per heavy atom. The van der Waals surface area contributed by atoms with Gasteiger partial charge in [-0.25, -0.2) is 5.43 Å². The van der Waals surface area contributed by atoms with Crippen LogP contribution in [0.1, 0.15) is 30.9 Å². The lowest BCUT2D eigenvalue weighted by molar-refractivity contribution is -0.1000. The molecule has 1 unspecified atom stereocenters. The number of hydrogen-bond donors (Lipinski definition) is 2. The van der Waals surface area contributed by atoms with Crippen LogP contribution in [0.3, 0.4) is 0 Å². The Balaban J connectivity index is 2.20. The first-order valence-corrected chi connectivity index (χ1v) is 4.86. The molecule has 1 atom stereocenters. The fourth-order valence-corrected chi connectivity index (χ4v) is 2.13. The molecular weight excluding hydrogens is 180 g/mol. The summed E-state index contributed by atoms with van der Waals surface area (Å²) >= 11 is 0. The molecule has 0 saturated heterocycles. The van der Waals surface area contributed by atoms with Crippen LogP contribution in [-0.4, -0.2) is 12.7 Å². The second-order valence-electron chi connectivity index (χ2n) is 3.78. The first kappa shape index (κ1) is 9.71. The zero-order chi connectivity index (χ0) is 10.0. The molecule has 1 aliphatic carbocycles. The minimum Gasteiger partial charge on any atom is -0.472 e. The highest BCUT2D eigenvalue weighted by atomic mass is 16.5. The summed E-state index contributed by atoms with van der Waals surface area (Å²) in [6.45, 7) is 0. The van der Waals surface area contributed by atoms with Crippen molar-refractivity contribution < 1.29 is 9.15 Å². The largest absolute Gasteiger partial charge is 0.472 e. The maximum atomic E-state index is 5.57. The van der Waals surface area contributed by atoms with Gasteiger partial charge in [0.2, 0.25) is 0 Å². The van der Waals surface area contributed by atoms with Crippen LogP contribution in [-0.2, 0) is 4.74 Å². The Hall–Kier alpha value is -0.840. The van der Waals surface area contributed by atoms with Crippen molar-refractivity contribution in [3.8, 4) is 0 Å². The second-order valence-corrected chi connectivity index (χ2v) is 3.78. The van der Waals surface area contributed by atoms with Crippen molar-refractivity contribution in [1.82, 2.24) is 5.43 Å². The predicted octanol–water partition coefficient (Wildman–Crippen LogP) is 1.35. The van der Waals surface area contributed by atoms with Crippen LogP contribution in [0, 0.1) is 0 Å². The Morgan fingerprint density at radius 2 is 2.43 bits per heavy atom. The summed E-state index contributed by atoms with van der Waals surface area (Å²) in [4.78, 5) is 0. The SMILES string of the molecule is COC1(C(NN)c2ccoc2)CCC1. The van der Waals surface area contributed by atoms with Gasteiger partial charge in [0.1, 0.15) is 0 Å². The zero-order valence-electron chi connectivity index (χ0n) is 8.32. The molecule has 1 heterocycles. The molecule has 1 aromatic rings. The minimum atomic E-state index is -0.140. The third-order valence-electron chi connectivity index (χ3n) is 3.18. The first-order chi connectivity index (χ1) is 6.82. The van der Waals surface area contributed by atoms with Gasteiger partial charge < -0.3 is 9.15 Å². The van der Waals surface area contributed by atoms with E-state index in [1.807, 2.05) is 6.07 Å². The molecular formula is C10H16N2O2. The van der Waals surface area contributed by atoms with Crippen LogP contribution in [0.4, 0.5) is 0 Å². The van der Waals surface area contributed by atoms with Gasteiger partial charge in [-0.05, 0) is 25.3 Å². The van der Waals surface area contributed by atoms with Gasteiger partial charge in [0.15, 0.2) is 0 Å². The molecule has 1 saturated carbocycles. The third-order valence-corrected chi connectivity index (χ3v) is 3.18. The molecule has 0 bridgehead atoms. The minimum absolute atomic E-state index is 0.0278. The van der Waals surface area contributed by atoms with E-state index in [0.29, 0.717) is 0 Å². The van der Waals surface area contributed by atoms with Crippen LogP contribution >= 0.6 is 0 Å². The van der Waals surface area contributed by atoms with E-state index >= 15 is 0 Å². The second kappa shape index (κ2) is 3.73. The number of rotatable bonds is 4. The van der Waals surface area contributed by atoms with E-state index in [2.05, 4.69) is 5.43 Å². The van der Waals surface area contributed by atoms with Crippen LogP contribution in [0.15, 0.2) is 23.0 Å². The molecule has 1 aromatic heterocycles. The highest BCUT2D eigenvalue weighted by Crippen LogP contribution is 2.44. The molecule has 4 nitrogen and oxygen atoms in total. The third kappa shape index (κ3) is 1.35. The molecule has 3 N–H and O–H groups in total. The molecule has 1 fully saturated rings. The Labute approximate surface area is 83.4 Å². The van der Waals surface area contributed by atoms with Crippen molar-refractivity contribution in [3.63, 3.8) is 0 Å². The van der Waals surface area contributed by atoms with Crippen molar-refractivity contribution in [3.05, 3.63) is 24.2 Å². The van der Waals surface area contributed by atoms with E-state index in [9.17, 15) is 0 Å². The number of methoxy groups -OCH3 is 1. The van der Waals surface area contributed by atoms with Gasteiger partial charge >= 0.3 is 0 Å². The number of hydrogen-bond acceptors (Lipinski definition) is 4. The van der Waals surface area contributed by atoms with Crippen molar-refractivity contribution in [2.24, 2.45) is 5.84 Å².